The molecule has 2 saturated heterocycles. The smallest absolute Gasteiger partial charge is 0.487 e. The summed E-state index contributed by atoms with van der Waals surface area (Å²) in [4.78, 5) is 28.7. The molecule has 2 aromatic rings. The second-order valence-electron chi connectivity index (χ2n) is 8.43. The third-order valence-electron chi connectivity index (χ3n) is 6.73. The average Bonchev–Trinajstić information content (AvgIpc) is 3.37. The molecule has 4 atom stereocenters. The van der Waals surface area contributed by atoms with Crippen LogP contribution in [0.4, 0.5) is 4.39 Å². The van der Waals surface area contributed by atoms with Gasteiger partial charge in [-0.2, -0.15) is 0 Å². The number of aliphatic hydroxyl groups is 1. The van der Waals surface area contributed by atoms with Gasteiger partial charge in [0.25, 0.3) is 0 Å². The molecular formula is C22H21BFNO6S. The number of carbonyl (C=O) groups is 2. The first-order valence-corrected chi connectivity index (χ1v) is 11.3. The van der Waals surface area contributed by atoms with E-state index < -0.39 is 42.5 Å². The van der Waals surface area contributed by atoms with E-state index in [1.54, 1.807) is 0 Å². The highest BCUT2D eigenvalue weighted by atomic mass is 32.1. The highest BCUT2D eigenvalue weighted by molar-refractivity contribution is 7.09. The number of amides is 2. The largest absolute Gasteiger partial charge is 0.505 e. The maximum Gasteiger partial charge on any atom is 0.487 e. The maximum absolute atomic E-state index is 13.9. The van der Waals surface area contributed by atoms with Crippen molar-refractivity contribution in [2.24, 2.45) is 17.8 Å². The Balaban J connectivity index is 1.50. The van der Waals surface area contributed by atoms with Gasteiger partial charge in [0, 0.05) is 4.88 Å². The molecule has 2 aliphatic heterocycles. The van der Waals surface area contributed by atoms with Gasteiger partial charge >= 0.3 is 7.12 Å². The van der Waals surface area contributed by atoms with Gasteiger partial charge in [0.15, 0.2) is 11.6 Å². The van der Waals surface area contributed by atoms with Gasteiger partial charge < -0.3 is 19.9 Å². The van der Waals surface area contributed by atoms with Gasteiger partial charge in [-0.3, -0.25) is 14.5 Å². The fraction of sp³-hybridized carbons (Fsp3) is 0.364. The van der Waals surface area contributed by atoms with Gasteiger partial charge in [-0.15, -0.1) is 11.3 Å². The number of allylic oxidation sites excluding steroid dienone is 1. The number of likely N-dealkylation sites (tertiary alicyclic amines) is 1. The van der Waals surface area contributed by atoms with Crippen molar-refractivity contribution < 1.29 is 33.9 Å². The van der Waals surface area contributed by atoms with Crippen molar-refractivity contribution in [3.8, 4) is 5.75 Å². The number of phenols is 1. The first kappa shape index (κ1) is 21.3. The lowest BCUT2D eigenvalue weighted by molar-refractivity contribution is -0.140. The zero-order valence-corrected chi connectivity index (χ0v) is 17.8. The number of aromatic hydroxyl groups is 1. The average molecular weight is 457 g/mol. The standard InChI is InChI=1S/C22H21BFNO6S/c24-16-7-11(3-4-17(16)27)18-8-14-19-15(6-12(10-26)20(14)23(30)31-18)21(28)25(22(19)29)9-13-2-1-5-32-13/h1-5,7,14-15,18-19,26-27,30H,6,8-10H2/t14-,15-,18-,19+/m0/s1. The van der Waals surface area contributed by atoms with Crippen LogP contribution in [0.5, 0.6) is 5.75 Å². The third-order valence-corrected chi connectivity index (χ3v) is 7.59. The number of carbonyl (C=O) groups excluding carboxylic acids is 2. The van der Waals surface area contributed by atoms with Crippen LogP contribution in [0.2, 0.25) is 0 Å². The lowest BCUT2D eigenvalue weighted by Gasteiger charge is -2.41. The van der Waals surface area contributed by atoms with E-state index in [1.165, 1.54) is 28.4 Å². The van der Waals surface area contributed by atoms with Gasteiger partial charge in [-0.1, -0.05) is 12.1 Å². The van der Waals surface area contributed by atoms with Crippen molar-refractivity contribution in [3.63, 3.8) is 0 Å². The minimum atomic E-state index is -1.38. The zero-order valence-electron chi connectivity index (χ0n) is 17.0. The SMILES string of the molecule is O=C1[C@H]2[C@H](CC(CO)=C3B(O)O[C@H](c4ccc(O)c(F)c4)C[C@H]32)C(=O)N1Cc1cccs1. The van der Waals surface area contributed by atoms with Crippen LogP contribution in [-0.2, 0) is 20.8 Å². The van der Waals surface area contributed by atoms with Crippen LogP contribution in [0.25, 0.3) is 0 Å². The minimum Gasteiger partial charge on any atom is -0.505 e. The van der Waals surface area contributed by atoms with E-state index in [-0.39, 0.29) is 37.8 Å². The molecule has 3 N–H and O–H groups in total. The van der Waals surface area contributed by atoms with Crippen LogP contribution in [0.15, 0.2) is 46.8 Å². The summed E-state index contributed by atoms with van der Waals surface area (Å²) in [5.41, 5.74) is 1.37. The normalized spacial score (nSPS) is 27.7. The molecule has 0 bridgehead atoms. The number of benzene rings is 1. The lowest BCUT2D eigenvalue weighted by Crippen LogP contribution is -2.45. The van der Waals surface area contributed by atoms with Crippen LogP contribution in [0.3, 0.4) is 0 Å². The molecule has 0 saturated carbocycles. The number of nitrogens with zero attached hydrogens (tertiary/aromatic N) is 1. The quantitative estimate of drug-likeness (QED) is 0.480. The zero-order chi connectivity index (χ0) is 22.6. The first-order valence-electron chi connectivity index (χ1n) is 10.4. The summed E-state index contributed by atoms with van der Waals surface area (Å²) in [5, 5.41) is 32.1. The second-order valence-corrected chi connectivity index (χ2v) is 9.46. The second kappa shape index (κ2) is 8.11. The number of rotatable bonds is 4. The minimum absolute atomic E-state index is 0.192. The first-order chi connectivity index (χ1) is 15.4. The number of imide groups is 1. The van der Waals surface area contributed by atoms with Crippen molar-refractivity contribution in [1.82, 2.24) is 4.90 Å². The van der Waals surface area contributed by atoms with E-state index in [0.717, 1.165) is 10.9 Å². The maximum atomic E-state index is 13.9. The Labute approximate surface area is 187 Å². The summed E-state index contributed by atoms with van der Waals surface area (Å²) in [7, 11) is -1.38. The Morgan fingerprint density at radius 1 is 1.22 bits per heavy atom. The summed E-state index contributed by atoms with van der Waals surface area (Å²) < 4.78 is 19.6. The number of hydrogen-bond donors (Lipinski definition) is 3. The Morgan fingerprint density at radius 3 is 2.72 bits per heavy atom. The highest BCUT2D eigenvalue weighted by Gasteiger charge is 2.57. The van der Waals surface area contributed by atoms with Crippen molar-refractivity contribution in [3.05, 3.63) is 63.0 Å². The molecular weight excluding hydrogens is 436 g/mol. The summed E-state index contributed by atoms with van der Waals surface area (Å²) in [6.45, 7) is -0.148. The molecule has 166 valence electrons. The van der Waals surface area contributed by atoms with Crippen molar-refractivity contribution in [1.29, 1.82) is 0 Å². The van der Waals surface area contributed by atoms with Crippen molar-refractivity contribution in [2.45, 2.75) is 25.5 Å². The van der Waals surface area contributed by atoms with E-state index in [4.69, 9.17) is 4.65 Å². The van der Waals surface area contributed by atoms with Crippen molar-refractivity contribution in [2.75, 3.05) is 6.61 Å². The van der Waals surface area contributed by atoms with Crippen molar-refractivity contribution >= 4 is 30.3 Å². The van der Waals surface area contributed by atoms with Gasteiger partial charge in [0.1, 0.15) is 0 Å². The molecule has 0 radical (unpaired) electrons. The van der Waals surface area contributed by atoms with Gasteiger partial charge in [-0.05, 0) is 58.9 Å². The molecule has 0 unspecified atom stereocenters. The molecule has 2 fully saturated rings. The molecule has 32 heavy (non-hydrogen) atoms. The van der Waals surface area contributed by atoms with E-state index in [9.17, 15) is 29.2 Å². The van der Waals surface area contributed by atoms with Gasteiger partial charge in [0.05, 0.1) is 31.1 Å². The number of halogens is 1. The van der Waals surface area contributed by atoms with Crippen LogP contribution < -0.4 is 0 Å². The van der Waals surface area contributed by atoms with E-state index >= 15 is 0 Å². The molecule has 7 nitrogen and oxygen atoms in total. The van der Waals surface area contributed by atoms with E-state index in [2.05, 4.69) is 0 Å². The number of thiophene rings is 1. The molecule has 10 heteroatoms. The molecule has 3 aliphatic rings. The lowest BCUT2D eigenvalue weighted by atomic mass is 9.55. The third kappa shape index (κ3) is 3.38. The summed E-state index contributed by atoms with van der Waals surface area (Å²) >= 11 is 1.46. The molecule has 0 spiro atoms. The predicted molar refractivity (Wildman–Crippen MR) is 114 cm³/mol. The summed E-state index contributed by atoms with van der Waals surface area (Å²) in [5.74, 6) is -3.67. The topological polar surface area (TPSA) is 107 Å². The molecule has 1 aromatic heterocycles. The molecule has 5 rings (SSSR count). The predicted octanol–water partition coefficient (Wildman–Crippen LogP) is 2.18. The Kier molecular flexibility index (Phi) is 5.41. The van der Waals surface area contributed by atoms with Gasteiger partial charge in [-0.25, -0.2) is 4.39 Å². The number of fused-ring (bicyclic) bond motifs is 3. The van der Waals surface area contributed by atoms with Crippen LogP contribution in [-0.4, -0.2) is 45.7 Å². The number of aliphatic hydroxyl groups excluding tert-OH is 1. The van der Waals surface area contributed by atoms with Crippen LogP contribution in [0, 0.1) is 23.6 Å². The van der Waals surface area contributed by atoms with E-state index in [1.807, 2.05) is 17.5 Å². The monoisotopic (exact) mass is 457 g/mol. The number of hydrogen-bond acceptors (Lipinski definition) is 7. The molecule has 3 heterocycles. The van der Waals surface area contributed by atoms with Gasteiger partial charge in [0.2, 0.25) is 11.8 Å². The highest BCUT2D eigenvalue weighted by Crippen LogP contribution is 2.51. The Bertz CT molecular complexity index is 1110. The van der Waals surface area contributed by atoms with Crippen LogP contribution in [0.1, 0.15) is 29.4 Å². The molecule has 2 amide bonds. The fourth-order valence-electron chi connectivity index (χ4n) is 5.27. The molecule has 1 aromatic carbocycles. The number of phenolic OH excluding ortho intramolecular Hbond substituents is 1. The molecule has 1 aliphatic carbocycles. The summed E-state index contributed by atoms with van der Waals surface area (Å²) in [6, 6.07) is 7.57. The Morgan fingerprint density at radius 2 is 2.03 bits per heavy atom. The fourth-order valence-corrected chi connectivity index (χ4v) is 5.97. The summed E-state index contributed by atoms with van der Waals surface area (Å²) in [6.07, 6.45) is -0.299. The Hall–Kier alpha value is -2.53. The van der Waals surface area contributed by atoms with Crippen LogP contribution >= 0.6 is 11.3 Å². The van der Waals surface area contributed by atoms with E-state index in [0.29, 0.717) is 16.6 Å².